The first kappa shape index (κ1) is 11.4. The SMILES string of the molecule is CC.CCc1cc(-c2cccnc2)no1. The zero-order valence-electron chi connectivity index (χ0n) is 9.40. The van der Waals surface area contributed by atoms with Gasteiger partial charge < -0.3 is 4.52 Å². The lowest BCUT2D eigenvalue weighted by Crippen LogP contribution is -1.77. The number of nitrogens with zero attached hydrogens (tertiary/aromatic N) is 2. The molecule has 2 aromatic rings. The van der Waals surface area contributed by atoms with Gasteiger partial charge in [0.05, 0.1) is 0 Å². The minimum Gasteiger partial charge on any atom is -0.361 e. The van der Waals surface area contributed by atoms with E-state index >= 15 is 0 Å². The van der Waals surface area contributed by atoms with Crippen LogP contribution in [0.1, 0.15) is 26.5 Å². The summed E-state index contributed by atoms with van der Waals surface area (Å²) in [4.78, 5) is 4.01. The summed E-state index contributed by atoms with van der Waals surface area (Å²) in [5.74, 6) is 0.902. The summed E-state index contributed by atoms with van der Waals surface area (Å²) in [7, 11) is 0. The maximum absolute atomic E-state index is 5.09. The molecule has 0 amide bonds. The zero-order chi connectivity index (χ0) is 11.1. The van der Waals surface area contributed by atoms with Crippen LogP contribution in [-0.2, 0) is 6.42 Å². The number of aryl methyl sites for hydroxylation is 1. The molecule has 0 radical (unpaired) electrons. The van der Waals surface area contributed by atoms with Gasteiger partial charge in [-0.05, 0) is 12.1 Å². The fourth-order valence-corrected chi connectivity index (χ4v) is 1.13. The summed E-state index contributed by atoms with van der Waals surface area (Å²) in [6.45, 7) is 6.04. The van der Waals surface area contributed by atoms with Crippen LogP contribution in [0.15, 0.2) is 35.1 Å². The van der Waals surface area contributed by atoms with Gasteiger partial charge in [-0.1, -0.05) is 25.9 Å². The second-order valence-electron chi connectivity index (χ2n) is 2.77. The Hall–Kier alpha value is -1.64. The van der Waals surface area contributed by atoms with Gasteiger partial charge in [0.15, 0.2) is 0 Å². The normalized spacial score (nSPS) is 9.27. The maximum Gasteiger partial charge on any atom is 0.137 e. The Morgan fingerprint density at radius 1 is 1.33 bits per heavy atom. The number of hydrogen-bond acceptors (Lipinski definition) is 3. The molecule has 2 rings (SSSR count). The highest BCUT2D eigenvalue weighted by Crippen LogP contribution is 2.17. The molecular weight excluding hydrogens is 188 g/mol. The molecule has 0 aliphatic heterocycles. The molecule has 0 saturated heterocycles. The van der Waals surface area contributed by atoms with Crippen molar-refractivity contribution in [3.05, 3.63) is 36.4 Å². The summed E-state index contributed by atoms with van der Waals surface area (Å²) in [6, 6.07) is 5.79. The molecule has 15 heavy (non-hydrogen) atoms. The van der Waals surface area contributed by atoms with Gasteiger partial charge in [0.2, 0.25) is 0 Å². The van der Waals surface area contributed by atoms with Crippen molar-refractivity contribution >= 4 is 0 Å². The molecule has 0 aromatic carbocycles. The summed E-state index contributed by atoms with van der Waals surface area (Å²) >= 11 is 0. The van der Waals surface area contributed by atoms with Crippen molar-refractivity contribution in [3.63, 3.8) is 0 Å². The zero-order valence-corrected chi connectivity index (χ0v) is 9.40. The Labute approximate surface area is 90.1 Å². The van der Waals surface area contributed by atoms with Gasteiger partial charge in [-0.15, -0.1) is 0 Å². The lowest BCUT2D eigenvalue weighted by atomic mass is 10.2. The third kappa shape index (κ3) is 2.91. The van der Waals surface area contributed by atoms with Crippen molar-refractivity contribution in [3.8, 4) is 11.3 Å². The van der Waals surface area contributed by atoms with Crippen LogP contribution in [0.3, 0.4) is 0 Å². The number of rotatable bonds is 2. The first-order valence-corrected chi connectivity index (χ1v) is 5.26. The van der Waals surface area contributed by atoms with Crippen molar-refractivity contribution in [2.24, 2.45) is 0 Å². The van der Waals surface area contributed by atoms with E-state index in [0.717, 1.165) is 23.4 Å². The molecule has 0 unspecified atom stereocenters. The molecular formula is C12H16N2O. The smallest absolute Gasteiger partial charge is 0.137 e. The second kappa shape index (κ2) is 5.96. The van der Waals surface area contributed by atoms with Crippen LogP contribution in [-0.4, -0.2) is 10.1 Å². The van der Waals surface area contributed by atoms with Gasteiger partial charge in [0, 0.05) is 30.4 Å². The Morgan fingerprint density at radius 3 is 2.67 bits per heavy atom. The lowest BCUT2D eigenvalue weighted by molar-refractivity contribution is 0.389. The van der Waals surface area contributed by atoms with Crippen molar-refractivity contribution in [1.29, 1.82) is 0 Å². The van der Waals surface area contributed by atoms with Crippen LogP contribution in [0.5, 0.6) is 0 Å². The fourth-order valence-electron chi connectivity index (χ4n) is 1.13. The Kier molecular flexibility index (Phi) is 4.54. The van der Waals surface area contributed by atoms with Crippen LogP contribution in [0.4, 0.5) is 0 Å². The van der Waals surface area contributed by atoms with Crippen LogP contribution in [0, 0.1) is 0 Å². The van der Waals surface area contributed by atoms with E-state index in [-0.39, 0.29) is 0 Å². The highest BCUT2D eigenvalue weighted by Gasteiger charge is 2.03. The molecule has 0 bridgehead atoms. The Bertz CT molecular complexity index is 382. The molecule has 3 heteroatoms. The highest BCUT2D eigenvalue weighted by atomic mass is 16.5. The standard InChI is InChI=1S/C10H10N2O.C2H6/c1-2-9-6-10(12-13-9)8-4-3-5-11-7-8;1-2/h3-7H,2H2,1H3;1-2H3. The Morgan fingerprint density at radius 2 is 2.13 bits per heavy atom. The first-order valence-electron chi connectivity index (χ1n) is 5.26. The lowest BCUT2D eigenvalue weighted by Gasteiger charge is -1.90. The molecule has 0 aliphatic carbocycles. The molecule has 2 aromatic heterocycles. The third-order valence-corrected chi connectivity index (χ3v) is 1.86. The summed E-state index contributed by atoms with van der Waals surface area (Å²) in [5, 5.41) is 3.94. The molecule has 0 fully saturated rings. The number of aromatic nitrogens is 2. The van der Waals surface area contributed by atoms with E-state index in [0.29, 0.717) is 0 Å². The highest BCUT2D eigenvalue weighted by molar-refractivity contribution is 5.56. The van der Waals surface area contributed by atoms with E-state index in [1.54, 1.807) is 12.4 Å². The number of pyridine rings is 1. The van der Waals surface area contributed by atoms with Gasteiger partial charge in [-0.2, -0.15) is 0 Å². The molecule has 0 saturated carbocycles. The first-order chi connectivity index (χ1) is 7.40. The average Bonchev–Trinajstić information content (AvgIpc) is 2.81. The molecule has 3 nitrogen and oxygen atoms in total. The average molecular weight is 204 g/mol. The predicted molar refractivity (Wildman–Crippen MR) is 60.5 cm³/mol. The van der Waals surface area contributed by atoms with Crippen molar-refractivity contribution in [1.82, 2.24) is 10.1 Å². The van der Waals surface area contributed by atoms with Gasteiger partial charge in [0.1, 0.15) is 11.5 Å². The predicted octanol–water partition coefficient (Wildman–Crippen LogP) is 3.33. The molecule has 80 valence electrons. The van der Waals surface area contributed by atoms with Crippen molar-refractivity contribution in [2.75, 3.05) is 0 Å². The molecule has 0 atom stereocenters. The van der Waals surface area contributed by atoms with Crippen molar-refractivity contribution in [2.45, 2.75) is 27.2 Å². The molecule has 0 spiro atoms. The van der Waals surface area contributed by atoms with Gasteiger partial charge >= 0.3 is 0 Å². The van der Waals surface area contributed by atoms with Crippen LogP contribution >= 0.6 is 0 Å². The van der Waals surface area contributed by atoms with E-state index in [9.17, 15) is 0 Å². The van der Waals surface area contributed by atoms with E-state index in [4.69, 9.17) is 4.52 Å². The van der Waals surface area contributed by atoms with E-state index in [1.165, 1.54) is 0 Å². The van der Waals surface area contributed by atoms with E-state index in [1.807, 2.05) is 39.0 Å². The summed E-state index contributed by atoms with van der Waals surface area (Å²) in [5.41, 5.74) is 1.84. The minimum absolute atomic E-state index is 0.852. The summed E-state index contributed by atoms with van der Waals surface area (Å²) < 4.78 is 5.09. The summed E-state index contributed by atoms with van der Waals surface area (Å²) in [6.07, 6.45) is 4.38. The van der Waals surface area contributed by atoms with Crippen LogP contribution in [0.2, 0.25) is 0 Å². The van der Waals surface area contributed by atoms with E-state index in [2.05, 4.69) is 10.1 Å². The Balaban J connectivity index is 0.000000531. The largest absolute Gasteiger partial charge is 0.361 e. The molecule has 0 N–H and O–H groups in total. The third-order valence-electron chi connectivity index (χ3n) is 1.86. The monoisotopic (exact) mass is 204 g/mol. The van der Waals surface area contributed by atoms with Crippen molar-refractivity contribution < 1.29 is 4.52 Å². The second-order valence-corrected chi connectivity index (χ2v) is 2.77. The topological polar surface area (TPSA) is 38.9 Å². The van der Waals surface area contributed by atoms with E-state index < -0.39 is 0 Å². The maximum atomic E-state index is 5.09. The fraction of sp³-hybridized carbons (Fsp3) is 0.333. The minimum atomic E-state index is 0.852. The van der Waals surface area contributed by atoms with Crippen LogP contribution in [0.25, 0.3) is 11.3 Å². The van der Waals surface area contributed by atoms with Gasteiger partial charge in [0.25, 0.3) is 0 Å². The van der Waals surface area contributed by atoms with Gasteiger partial charge in [-0.3, -0.25) is 4.98 Å². The molecule has 0 aliphatic rings. The van der Waals surface area contributed by atoms with Crippen LogP contribution < -0.4 is 0 Å². The van der Waals surface area contributed by atoms with Gasteiger partial charge in [-0.25, -0.2) is 0 Å². The molecule has 2 heterocycles. The quantitative estimate of drug-likeness (QED) is 0.753. The number of hydrogen-bond donors (Lipinski definition) is 0.